The number of aryl methyl sites for hydroxylation is 1. The molecule has 0 saturated heterocycles. The topological polar surface area (TPSA) is 54.2 Å². The fourth-order valence-corrected chi connectivity index (χ4v) is 3.69. The first-order chi connectivity index (χ1) is 11.6. The van der Waals surface area contributed by atoms with Gasteiger partial charge in [0.1, 0.15) is 0 Å². The predicted octanol–water partition coefficient (Wildman–Crippen LogP) is 3.24. The molecule has 1 fully saturated rings. The van der Waals surface area contributed by atoms with Crippen LogP contribution in [0.15, 0.2) is 46.1 Å². The number of hydrogen-bond acceptors (Lipinski definition) is 2. The van der Waals surface area contributed by atoms with E-state index in [1.165, 1.54) is 28.4 Å². The summed E-state index contributed by atoms with van der Waals surface area (Å²) in [5.74, 6) is 0.859. The quantitative estimate of drug-likeness (QED) is 0.351. The second kappa shape index (κ2) is 9.02. The summed E-state index contributed by atoms with van der Waals surface area (Å²) >= 11 is 3.68. The Kier molecular flexibility index (Phi) is 7.30. The molecule has 0 aliphatic heterocycles. The van der Waals surface area contributed by atoms with Gasteiger partial charge in [0.15, 0.2) is 5.96 Å². The van der Waals surface area contributed by atoms with Crippen LogP contribution in [0, 0.1) is 0 Å². The highest BCUT2D eigenvalue weighted by Crippen LogP contribution is 2.49. The zero-order valence-corrected chi connectivity index (χ0v) is 18.5. The van der Waals surface area contributed by atoms with E-state index < -0.39 is 0 Å². The Labute approximate surface area is 174 Å². The Morgan fingerprint density at radius 3 is 2.68 bits per heavy atom. The standard InChI is InChI=1S/C18H24BrN5.HI/c1-20-17(21-10-7-14-11-23-24(2)12-14)22-13-18(8-9-18)15-5-3-4-6-16(15)19;/h3-6,11-12H,7-10,13H2,1-2H3,(H2,20,21,22);1H. The van der Waals surface area contributed by atoms with Gasteiger partial charge < -0.3 is 10.6 Å². The molecule has 3 rings (SSSR count). The normalized spacial score (nSPS) is 15.4. The van der Waals surface area contributed by atoms with Crippen molar-refractivity contribution in [3.8, 4) is 0 Å². The molecule has 1 aliphatic carbocycles. The number of rotatable bonds is 6. The molecule has 1 aromatic carbocycles. The minimum Gasteiger partial charge on any atom is -0.356 e. The number of guanidine groups is 1. The molecule has 2 N–H and O–H groups in total. The van der Waals surface area contributed by atoms with Gasteiger partial charge in [0, 0.05) is 43.3 Å². The van der Waals surface area contributed by atoms with Gasteiger partial charge >= 0.3 is 0 Å². The summed E-state index contributed by atoms with van der Waals surface area (Å²) in [5.41, 5.74) is 2.86. The predicted molar refractivity (Wildman–Crippen MR) is 117 cm³/mol. The highest BCUT2D eigenvalue weighted by atomic mass is 127. The van der Waals surface area contributed by atoms with E-state index >= 15 is 0 Å². The number of aliphatic imine (C=N–C) groups is 1. The number of hydrogen-bond donors (Lipinski definition) is 2. The van der Waals surface area contributed by atoms with E-state index in [0.717, 1.165) is 25.5 Å². The van der Waals surface area contributed by atoms with Gasteiger partial charge in [-0.15, -0.1) is 24.0 Å². The molecular formula is C18H25BrIN5. The van der Waals surface area contributed by atoms with E-state index in [0.29, 0.717) is 0 Å². The number of nitrogens with one attached hydrogen (secondary N) is 2. The third-order valence-corrected chi connectivity index (χ3v) is 5.27. The Bertz CT molecular complexity index is 724. The first-order valence-electron chi connectivity index (χ1n) is 8.30. The van der Waals surface area contributed by atoms with Gasteiger partial charge in [-0.05, 0) is 36.5 Å². The third-order valence-electron chi connectivity index (χ3n) is 4.58. The summed E-state index contributed by atoms with van der Waals surface area (Å²) in [6.07, 6.45) is 7.32. The van der Waals surface area contributed by atoms with Gasteiger partial charge in [-0.2, -0.15) is 5.10 Å². The Balaban J connectivity index is 0.00000225. The highest BCUT2D eigenvalue weighted by molar-refractivity contribution is 14.0. The van der Waals surface area contributed by atoms with E-state index in [2.05, 4.69) is 60.9 Å². The maximum atomic E-state index is 4.33. The molecule has 0 bridgehead atoms. The first kappa shape index (κ1) is 20.2. The maximum Gasteiger partial charge on any atom is 0.191 e. The van der Waals surface area contributed by atoms with Crippen molar-refractivity contribution in [1.82, 2.24) is 20.4 Å². The summed E-state index contributed by atoms with van der Waals surface area (Å²) in [5, 5.41) is 11.1. The van der Waals surface area contributed by atoms with Crippen molar-refractivity contribution in [1.29, 1.82) is 0 Å². The summed E-state index contributed by atoms with van der Waals surface area (Å²) < 4.78 is 3.03. The minimum absolute atomic E-state index is 0. The minimum atomic E-state index is 0. The molecule has 0 radical (unpaired) electrons. The molecule has 25 heavy (non-hydrogen) atoms. The van der Waals surface area contributed by atoms with E-state index in [1.54, 1.807) is 0 Å². The van der Waals surface area contributed by atoms with Crippen LogP contribution in [0.2, 0.25) is 0 Å². The lowest BCUT2D eigenvalue weighted by molar-refractivity contribution is 0.643. The van der Waals surface area contributed by atoms with Crippen LogP contribution in [-0.4, -0.2) is 35.9 Å². The summed E-state index contributed by atoms with van der Waals surface area (Å²) in [6.45, 7) is 1.75. The fourth-order valence-electron chi connectivity index (χ4n) is 2.98. The van der Waals surface area contributed by atoms with Crippen LogP contribution in [0.4, 0.5) is 0 Å². The van der Waals surface area contributed by atoms with Gasteiger partial charge in [0.05, 0.1) is 6.20 Å². The van der Waals surface area contributed by atoms with Crippen molar-refractivity contribution in [2.45, 2.75) is 24.7 Å². The van der Waals surface area contributed by atoms with Gasteiger partial charge in [-0.3, -0.25) is 9.67 Å². The number of benzene rings is 1. The molecule has 0 unspecified atom stereocenters. The largest absolute Gasteiger partial charge is 0.356 e. The van der Waals surface area contributed by atoms with Crippen molar-refractivity contribution in [2.24, 2.45) is 12.0 Å². The van der Waals surface area contributed by atoms with Crippen LogP contribution in [0.5, 0.6) is 0 Å². The van der Waals surface area contributed by atoms with Crippen molar-refractivity contribution < 1.29 is 0 Å². The fraction of sp³-hybridized carbons (Fsp3) is 0.444. The summed E-state index contributed by atoms with van der Waals surface area (Å²) in [4.78, 5) is 4.33. The number of nitrogens with zero attached hydrogens (tertiary/aromatic N) is 3. The van der Waals surface area contributed by atoms with Crippen LogP contribution >= 0.6 is 39.9 Å². The zero-order valence-electron chi connectivity index (χ0n) is 14.6. The summed E-state index contributed by atoms with van der Waals surface area (Å²) in [6, 6.07) is 8.52. The lowest BCUT2D eigenvalue weighted by Gasteiger charge is -2.20. The lowest BCUT2D eigenvalue weighted by atomic mass is 9.96. The first-order valence-corrected chi connectivity index (χ1v) is 9.09. The van der Waals surface area contributed by atoms with E-state index in [9.17, 15) is 0 Å². The van der Waals surface area contributed by atoms with Crippen molar-refractivity contribution in [2.75, 3.05) is 20.1 Å². The molecule has 0 atom stereocenters. The molecule has 0 amide bonds. The Hall–Kier alpha value is -1.09. The van der Waals surface area contributed by atoms with E-state index in [-0.39, 0.29) is 29.4 Å². The van der Waals surface area contributed by atoms with E-state index in [1.807, 2.05) is 31.2 Å². The molecule has 2 aromatic rings. The monoisotopic (exact) mass is 517 g/mol. The van der Waals surface area contributed by atoms with Crippen molar-refractivity contribution >= 4 is 45.9 Å². The van der Waals surface area contributed by atoms with Crippen LogP contribution in [0.1, 0.15) is 24.0 Å². The van der Waals surface area contributed by atoms with Crippen LogP contribution in [0.25, 0.3) is 0 Å². The molecule has 0 spiro atoms. The van der Waals surface area contributed by atoms with Gasteiger partial charge in [0.2, 0.25) is 0 Å². The third kappa shape index (κ3) is 5.20. The van der Waals surface area contributed by atoms with Crippen LogP contribution in [-0.2, 0) is 18.9 Å². The number of aromatic nitrogens is 2. The molecule has 5 nitrogen and oxygen atoms in total. The van der Waals surface area contributed by atoms with Gasteiger partial charge in [0.25, 0.3) is 0 Å². The molecule has 136 valence electrons. The SMILES string of the molecule is CN=C(NCCc1cnn(C)c1)NCC1(c2ccccc2Br)CC1.I. The average Bonchev–Trinajstić information content (AvgIpc) is 3.26. The number of halogens is 2. The van der Waals surface area contributed by atoms with Gasteiger partial charge in [-0.1, -0.05) is 34.1 Å². The van der Waals surface area contributed by atoms with Crippen LogP contribution in [0.3, 0.4) is 0 Å². The van der Waals surface area contributed by atoms with E-state index in [4.69, 9.17) is 0 Å². The second-order valence-corrected chi connectivity index (χ2v) is 7.24. The lowest BCUT2D eigenvalue weighted by Crippen LogP contribution is -2.42. The zero-order chi connectivity index (χ0) is 17.0. The Morgan fingerprint density at radius 1 is 1.32 bits per heavy atom. The van der Waals surface area contributed by atoms with Crippen LogP contribution < -0.4 is 10.6 Å². The molecule has 1 aromatic heterocycles. The highest BCUT2D eigenvalue weighted by Gasteiger charge is 2.45. The molecule has 1 saturated carbocycles. The maximum absolute atomic E-state index is 4.33. The molecule has 7 heteroatoms. The molecular weight excluding hydrogens is 493 g/mol. The summed E-state index contributed by atoms with van der Waals surface area (Å²) in [7, 11) is 3.76. The molecule has 1 heterocycles. The second-order valence-electron chi connectivity index (χ2n) is 6.38. The Morgan fingerprint density at radius 2 is 2.08 bits per heavy atom. The smallest absolute Gasteiger partial charge is 0.191 e. The van der Waals surface area contributed by atoms with Crippen molar-refractivity contribution in [3.05, 3.63) is 52.3 Å². The van der Waals surface area contributed by atoms with Crippen molar-refractivity contribution in [3.63, 3.8) is 0 Å². The molecule has 1 aliphatic rings. The van der Waals surface area contributed by atoms with Gasteiger partial charge in [-0.25, -0.2) is 0 Å². The average molecular weight is 518 g/mol.